The number of halogens is 1. The van der Waals surface area contributed by atoms with Gasteiger partial charge in [0.2, 0.25) is 5.12 Å². The van der Waals surface area contributed by atoms with Crippen LogP contribution in [0.4, 0.5) is 0 Å². The molecule has 0 N–H and O–H groups in total. The number of thioether (sulfide) groups is 1. The van der Waals surface area contributed by atoms with Crippen molar-refractivity contribution in [1.82, 2.24) is 0 Å². The van der Waals surface area contributed by atoms with Gasteiger partial charge in [-0.15, -0.1) is 11.3 Å². The van der Waals surface area contributed by atoms with Crippen molar-refractivity contribution in [2.45, 2.75) is 6.92 Å². The SMILES string of the molecule is CCSC(=O)c1ccc(Cl)s1. The van der Waals surface area contributed by atoms with Crippen molar-refractivity contribution in [3.8, 4) is 0 Å². The highest BCUT2D eigenvalue weighted by Gasteiger charge is 2.07. The number of thiophene rings is 1. The maximum Gasteiger partial charge on any atom is 0.229 e. The van der Waals surface area contributed by atoms with Crippen molar-refractivity contribution in [2.24, 2.45) is 0 Å². The van der Waals surface area contributed by atoms with Crippen LogP contribution in [0.15, 0.2) is 12.1 Å². The van der Waals surface area contributed by atoms with Gasteiger partial charge in [0.1, 0.15) is 0 Å². The first-order chi connectivity index (χ1) is 5.24. The second-order valence-electron chi connectivity index (χ2n) is 1.82. The Bertz CT molecular complexity index is 257. The molecule has 0 aromatic carbocycles. The third kappa shape index (κ3) is 2.51. The largest absolute Gasteiger partial charge is 0.281 e. The normalized spacial score (nSPS) is 10.0. The molecule has 0 saturated carbocycles. The van der Waals surface area contributed by atoms with E-state index in [2.05, 4.69) is 0 Å². The number of carbonyl (C=O) groups excluding carboxylic acids is 1. The molecule has 1 aromatic heterocycles. The summed E-state index contributed by atoms with van der Waals surface area (Å²) in [6, 6.07) is 3.51. The van der Waals surface area contributed by atoms with Crippen LogP contribution in [0.2, 0.25) is 4.34 Å². The van der Waals surface area contributed by atoms with E-state index in [0.29, 0.717) is 4.34 Å². The van der Waals surface area contributed by atoms with Gasteiger partial charge in [-0.05, 0) is 17.9 Å². The van der Waals surface area contributed by atoms with Gasteiger partial charge in [0, 0.05) is 0 Å². The van der Waals surface area contributed by atoms with Gasteiger partial charge >= 0.3 is 0 Å². The quantitative estimate of drug-likeness (QED) is 0.739. The van der Waals surface area contributed by atoms with Crippen LogP contribution in [0, 0.1) is 0 Å². The van der Waals surface area contributed by atoms with Gasteiger partial charge < -0.3 is 0 Å². The molecule has 0 aliphatic heterocycles. The Morgan fingerprint density at radius 3 is 2.91 bits per heavy atom. The number of rotatable bonds is 2. The maximum absolute atomic E-state index is 11.2. The highest BCUT2D eigenvalue weighted by Crippen LogP contribution is 2.24. The van der Waals surface area contributed by atoms with Gasteiger partial charge in [0.25, 0.3) is 0 Å². The van der Waals surface area contributed by atoms with Crippen molar-refractivity contribution < 1.29 is 4.79 Å². The summed E-state index contributed by atoms with van der Waals surface area (Å²) >= 11 is 8.30. The minimum atomic E-state index is 0.115. The van der Waals surface area contributed by atoms with E-state index in [9.17, 15) is 4.79 Å². The summed E-state index contributed by atoms with van der Waals surface area (Å²) in [4.78, 5) is 11.9. The predicted octanol–water partition coefficient (Wildman–Crippen LogP) is 3.29. The molecule has 0 aliphatic carbocycles. The van der Waals surface area contributed by atoms with Gasteiger partial charge in [-0.25, -0.2) is 0 Å². The lowest BCUT2D eigenvalue weighted by molar-refractivity contribution is 0.109. The topological polar surface area (TPSA) is 17.1 Å². The minimum absolute atomic E-state index is 0.115. The molecule has 1 aromatic rings. The molecule has 0 saturated heterocycles. The summed E-state index contributed by atoms with van der Waals surface area (Å²) in [7, 11) is 0. The first kappa shape index (κ1) is 9.10. The van der Waals surface area contributed by atoms with E-state index >= 15 is 0 Å². The zero-order valence-electron chi connectivity index (χ0n) is 5.96. The second-order valence-corrected chi connectivity index (χ2v) is 4.78. The fourth-order valence-electron chi connectivity index (χ4n) is 0.626. The van der Waals surface area contributed by atoms with Crippen LogP contribution in [0.25, 0.3) is 0 Å². The molecule has 0 aliphatic rings. The van der Waals surface area contributed by atoms with Gasteiger partial charge in [0.15, 0.2) is 0 Å². The molecule has 1 rings (SSSR count). The van der Waals surface area contributed by atoms with Crippen molar-refractivity contribution in [1.29, 1.82) is 0 Å². The number of hydrogen-bond donors (Lipinski definition) is 0. The lowest BCUT2D eigenvalue weighted by atomic mass is 10.5. The highest BCUT2D eigenvalue weighted by molar-refractivity contribution is 8.14. The van der Waals surface area contributed by atoms with Crippen LogP contribution in [0.5, 0.6) is 0 Å². The Labute approximate surface area is 78.8 Å². The first-order valence-electron chi connectivity index (χ1n) is 3.16. The maximum atomic E-state index is 11.2. The van der Waals surface area contributed by atoms with Gasteiger partial charge in [-0.1, -0.05) is 30.3 Å². The van der Waals surface area contributed by atoms with Crippen LogP contribution in [0.3, 0.4) is 0 Å². The molecule has 0 bridgehead atoms. The zero-order chi connectivity index (χ0) is 8.27. The average molecular weight is 207 g/mol. The Kier molecular flexibility index (Phi) is 3.43. The molecule has 0 unspecified atom stereocenters. The Morgan fingerprint density at radius 2 is 2.45 bits per heavy atom. The third-order valence-corrected chi connectivity index (χ3v) is 3.18. The fraction of sp³-hybridized carbons (Fsp3) is 0.286. The lowest BCUT2D eigenvalue weighted by Gasteiger charge is -1.90. The molecule has 0 spiro atoms. The smallest absolute Gasteiger partial charge is 0.229 e. The fourth-order valence-corrected chi connectivity index (χ4v) is 2.28. The van der Waals surface area contributed by atoms with Gasteiger partial charge in [-0.2, -0.15) is 0 Å². The van der Waals surface area contributed by atoms with Crippen molar-refractivity contribution in [3.05, 3.63) is 21.3 Å². The molecule has 1 nitrogen and oxygen atoms in total. The number of carbonyl (C=O) groups is 1. The van der Waals surface area contributed by atoms with Crippen molar-refractivity contribution in [2.75, 3.05) is 5.75 Å². The highest BCUT2D eigenvalue weighted by atomic mass is 35.5. The molecule has 0 fully saturated rings. The molecular weight excluding hydrogens is 200 g/mol. The summed E-state index contributed by atoms with van der Waals surface area (Å²) in [6.45, 7) is 1.96. The summed E-state index contributed by atoms with van der Waals surface area (Å²) in [5.74, 6) is 0.814. The third-order valence-electron chi connectivity index (χ3n) is 1.05. The summed E-state index contributed by atoms with van der Waals surface area (Å²) in [5.41, 5.74) is 0. The van der Waals surface area contributed by atoms with E-state index in [0.717, 1.165) is 10.6 Å². The van der Waals surface area contributed by atoms with E-state index in [1.807, 2.05) is 6.92 Å². The standard InChI is InChI=1S/C7H7ClOS2/c1-2-10-7(9)5-3-4-6(8)11-5/h3-4H,2H2,1H3. The monoisotopic (exact) mass is 206 g/mol. The molecule has 0 atom stereocenters. The van der Waals surface area contributed by atoms with E-state index in [1.165, 1.54) is 23.1 Å². The minimum Gasteiger partial charge on any atom is -0.281 e. The Morgan fingerprint density at radius 1 is 1.73 bits per heavy atom. The molecule has 0 amide bonds. The molecular formula is C7H7ClOS2. The average Bonchev–Trinajstić information content (AvgIpc) is 2.36. The zero-order valence-corrected chi connectivity index (χ0v) is 8.35. The summed E-state index contributed by atoms with van der Waals surface area (Å²) in [5, 5.41) is 0.115. The van der Waals surface area contributed by atoms with E-state index in [-0.39, 0.29) is 5.12 Å². The molecule has 60 valence electrons. The Balaban J connectivity index is 2.69. The second kappa shape index (κ2) is 4.14. The Hall–Kier alpha value is 0.01000. The molecule has 1 heterocycles. The van der Waals surface area contributed by atoms with Crippen molar-refractivity contribution >= 4 is 39.8 Å². The van der Waals surface area contributed by atoms with Crippen LogP contribution < -0.4 is 0 Å². The first-order valence-corrected chi connectivity index (χ1v) is 5.34. The summed E-state index contributed by atoms with van der Waals surface area (Å²) < 4.78 is 0.671. The molecule has 11 heavy (non-hydrogen) atoms. The number of hydrogen-bond acceptors (Lipinski definition) is 3. The van der Waals surface area contributed by atoms with Crippen LogP contribution in [-0.4, -0.2) is 10.9 Å². The van der Waals surface area contributed by atoms with E-state index in [4.69, 9.17) is 11.6 Å². The van der Waals surface area contributed by atoms with Crippen molar-refractivity contribution in [3.63, 3.8) is 0 Å². The van der Waals surface area contributed by atoms with Crippen LogP contribution in [-0.2, 0) is 0 Å². The van der Waals surface area contributed by atoms with E-state index in [1.54, 1.807) is 12.1 Å². The van der Waals surface area contributed by atoms with Gasteiger partial charge in [-0.3, -0.25) is 4.79 Å². The van der Waals surface area contributed by atoms with Crippen LogP contribution >= 0.6 is 34.7 Å². The van der Waals surface area contributed by atoms with Gasteiger partial charge in [0.05, 0.1) is 9.21 Å². The lowest BCUT2D eigenvalue weighted by Crippen LogP contribution is -1.87. The van der Waals surface area contributed by atoms with E-state index < -0.39 is 0 Å². The predicted molar refractivity (Wildman–Crippen MR) is 51.8 cm³/mol. The molecule has 4 heteroatoms. The molecule has 0 radical (unpaired) electrons. The summed E-state index contributed by atoms with van der Waals surface area (Å²) in [6.07, 6.45) is 0. The van der Waals surface area contributed by atoms with Crippen LogP contribution in [0.1, 0.15) is 16.6 Å².